The number of carboxylic acid groups (broad SMARTS) is 1. The highest BCUT2D eigenvalue weighted by Crippen LogP contribution is 2.73. The molecule has 31 heavy (non-hydrogen) atoms. The number of carboxylic acids is 1. The second-order valence-electron chi connectivity index (χ2n) is 13.1. The molecule has 0 saturated heterocycles. The van der Waals surface area contributed by atoms with Crippen molar-refractivity contribution >= 4 is 5.97 Å². The van der Waals surface area contributed by atoms with Gasteiger partial charge >= 0.3 is 5.97 Å². The van der Waals surface area contributed by atoms with Gasteiger partial charge in [0.05, 0.1) is 5.41 Å². The molecule has 0 heterocycles. The summed E-state index contributed by atoms with van der Waals surface area (Å²) in [4.78, 5) is 12.4. The summed E-state index contributed by atoms with van der Waals surface area (Å²) < 4.78 is 0. The average Bonchev–Trinajstić information content (AvgIpc) is 2.68. The minimum absolute atomic E-state index is 0.0706. The van der Waals surface area contributed by atoms with E-state index in [1.807, 2.05) is 13.0 Å². The van der Waals surface area contributed by atoms with Crippen molar-refractivity contribution in [2.75, 3.05) is 0 Å². The molecule has 0 spiro atoms. The van der Waals surface area contributed by atoms with Crippen LogP contribution in [0, 0.1) is 44.8 Å². The van der Waals surface area contributed by atoms with Crippen LogP contribution in [-0.4, -0.2) is 11.1 Å². The van der Waals surface area contributed by atoms with Crippen LogP contribution < -0.4 is 0 Å². The zero-order valence-electron chi connectivity index (χ0n) is 20.6. The van der Waals surface area contributed by atoms with Crippen molar-refractivity contribution in [3.63, 3.8) is 0 Å². The van der Waals surface area contributed by atoms with E-state index in [4.69, 9.17) is 0 Å². The summed E-state index contributed by atoms with van der Waals surface area (Å²) in [6.45, 7) is 14.5. The number of aliphatic carboxylic acids is 1. The van der Waals surface area contributed by atoms with E-state index in [0.717, 1.165) is 25.2 Å². The summed E-state index contributed by atoms with van der Waals surface area (Å²) >= 11 is 0. The molecule has 170 valence electrons. The summed E-state index contributed by atoms with van der Waals surface area (Å²) in [5.74, 6) is 0.980. The van der Waals surface area contributed by atoms with E-state index in [1.54, 1.807) is 11.1 Å². The molecule has 2 nitrogen and oxygen atoms in total. The van der Waals surface area contributed by atoms with Crippen LogP contribution in [0.3, 0.4) is 0 Å². The maximum Gasteiger partial charge on any atom is 0.313 e. The number of fused-ring (bicyclic) bond motifs is 7. The maximum atomic E-state index is 12.4. The van der Waals surface area contributed by atoms with E-state index in [9.17, 15) is 9.90 Å². The molecule has 1 N–H and O–H groups in total. The zero-order valence-corrected chi connectivity index (χ0v) is 20.6. The molecule has 3 fully saturated rings. The second kappa shape index (κ2) is 6.39. The van der Waals surface area contributed by atoms with Crippen LogP contribution in [0.2, 0.25) is 0 Å². The Morgan fingerprint density at radius 2 is 1.71 bits per heavy atom. The van der Waals surface area contributed by atoms with Crippen molar-refractivity contribution in [1.29, 1.82) is 0 Å². The quantitative estimate of drug-likeness (QED) is 0.442. The van der Waals surface area contributed by atoms with Gasteiger partial charge in [-0.3, -0.25) is 4.79 Å². The van der Waals surface area contributed by atoms with E-state index < -0.39 is 11.4 Å². The molecular formula is C29H42O2. The van der Waals surface area contributed by atoms with Gasteiger partial charge in [-0.15, -0.1) is 0 Å². The molecule has 0 aromatic heterocycles. The third-order valence-electron chi connectivity index (χ3n) is 11.6. The third kappa shape index (κ3) is 2.48. The fraction of sp³-hybridized carbons (Fsp3) is 0.759. The fourth-order valence-electron chi connectivity index (χ4n) is 9.63. The summed E-state index contributed by atoms with van der Waals surface area (Å²) in [7, 11) is 0. The van der Waals surface area contributed by atoms with Gasteiger partial charge in [-0.1, -0.05) is 82.9 Å². The largest absolute Gasteiger partial charge is 0.481 e. The van der Waals surface area contributed by atoms with Crippen molar-refractivity contribution in [2.24, 2.45) is 44.8 Å². The Labute approximate surface area is 189 Å². The van der Waals surface area contributed by atoms with Gasteiger partial charge in [-0.25, -0.2) is 0 Å². The molecule has 0 aromatic carbocycles. The Kier molecular flexibility index (Phi) is 4.44. The summed E-state index contributed by atoms with van der Waals surface area (Å²) in [6.07, 6.45) is 19.0. The number of hydrogen-bond donors (Lipinski definition) is 1. The first-order chi connectivity index (χ1) is 14.4. The van der Waals surface area contributed by atoms with Crippen molar-refractivity contribution in [1.82, 2.24) is 0 Å². The van der Waals surface area contributed by atoms with E-state index in [1.165, 1.54) is 32.1 Å². The second-order valence-corrected chi connectivity index (χ2v) is 13.1. The number of rotatable bonds is 1. The highest BCUT2D eigenvalue weighted by Gasteiger charge is 2.65. The molecule has 2 unspecified atom stereocenters. The Morgan fingerprint density at radius 3 is 2.42 bits per heavy atom. The molecule has 5 aliphatic rings. The van der Waals surface area contributed by atoms with Gasteiger partial charge in [-0.2, -0.15) is 0 Å². The smallest absolute Gasteiger partial charge is 0.313 e. The predicted octanol–water partition coefficient (Wildman–Crippen LogP) is 7.57. The molecule has 3 saturated carbocycles. The summed E-state index contributed by atoms with van der Waals surface area (Å²) in [5.41, 5.74) is 3.23. The Balaban J connectivity index is 1.66. The van der Waals surface area contributed by atoms with Crippen LogP contribution in [0.4, 0.5) is 0 Å². The maximum absolute atomic E-state index is 12.4. The Morgan fingerprint density at radius 1 is 0.968 bits per heavy atom. The molecule has 0 radical (unpaired) electrons. The Hall–Kier alpha value is -1.31. The van der Waals surface area contributed by atoms with Crippen LogP contribution in [0.15, 0.2) is 35.5 Å². The van der Waals surface area contributed by atoms with Crippen molar-refractivity contribution in [2.45, 2.75) is 92.9 Å². The molecule has 0 aliphatic heterocycles. The highest BCUT2D eigenvalue weighted by atomic mass is 16.4. The lowest BCUT2D eigenvalue weighted by molar-refractivity contribution is -0.154. The summed E-state index contributed by atoms with van der Waals surface area (Å²) in [6, 6.07) is 0. The van der Waals surface area contributed by atoms with Crippen molar-refractivity contribution < 1.29 is 9.90 Å². The number of allylic oxidation sites excluding steroid dienone is 5. The van der Waals surface area contributed by atoms with Crippen molar-refractivity contribution in [3.8, 4) is 0 Å². The minimum Gasteiger partial charge on any atom is -0.481 e. The van der Waals surface area contributed by atoms with Crippen molar-refractivity contribution in [3.05, 3.63) is 35.5 Å². The highest BCUT2D eigenvalue weighted by molar-refractivity contribution is 5.78. The van der Waals surface area contributed by atoms with Crippen LogP contribution >= 0.6 is 0 Å². The molecule has 0 bridgehead atoms. The normalized spacial score (nSPS) is 53.3. The first-order valence-electron chi connectivity index (χ1n) is 12.8. The van der Waals surface area contributed by atoms with Gasteiger partial charge in [-0.05, 0) is 84.9 Å². The number of carbonyl (C=O) groups is 1. The molecule has 8 atom stereocenters. The third-order valence-corrected chi connectivity index (χ3v) is 11.6. The lowest BCUT2D eigenvalue weighted by Crippen LogP contribution is -2.59. The lowest BCUT2D eigenvalue weighted by atomic mass is 9.36. The fourth-order valence-corrected chi connectivity index (χ4v) is 9.63. The van der Waals surface area contributed by atoms with Gasteiger partial charge in [0, 0.05) is 0 Å². The van der Waals surface area contributed by atoms with Gasteiger partial charge in [0.2, 0.25) is 0 Å². The van der Waals surface area contributed by atoms with Gasteiger partial charge in [0.25, 0.3) is 0 Å². The van der Waals surface area contributed by atoms with E-state index >= 15 is 0 Å². The lowest BCUT2D eigenvalue weighted by Gasteiger charge is -2.67. The first kappa shape index (κ1) is 21.5. The van der Waals surface area contributed by atoms with Crippen LogP contribution in [0.1, 0.15) is 92.9 Å². The van der Waals surface area contributed by atoms with E-state index in [-0.39, 0.29) is 22.2 Å². The molecule has 5 aliphatic carbocycles. The molecule has 0 aromatic rings. The molecule has 5 rings (SSSR count). The Bertz CT molecular complexity index is 910. The van der Waals surface area contributed by atoms with E-state index in [2.05, 4.69) is 52.8 Å². The SMILES string of the molecule is C[C@H]1CCCC2(C)CC[C@]3(C)C(=CC=C4C5(C)CC=C[C@](C)(C(=O)O)[C@@H]5CC[C@]43C)[C@H]12. The summed E-state index contributed by atoms with van der Waals surface area (Å²) in [5, 5.41) is 10.2. The zero-order chi connectivity index (χ0) is 22.4. The van der Waals surface area contributed by atoms with Gasteiger partial charge < -0.3 is 5.11 Å². The first-order valence-corrected chi connectivity index (χ1v) is 12.8. The van der Waals surface area contributed by atoms with Crippen LogP contribution in [-0.2, 0) is 4.79 Å². The van der Waals surface area contributed by atoms with Gasteiger partial charge in [0.15, 0.2) is 0 Å². The average molecular weight is 423 g/mol. The minimum atomic E-state index is -0.761. The van der Waals surface area contributed by atoms with Crippen LogP contribution in [0.5, 0.6) is 0 Å². The van der Waals surface area contributed by atoms with Gasteiger partial charge in [0.1, 0.15) is 0 Å². The predicted molar refractivity (Wildman–Crippen MR) is 127 cm³/mol. The monoisotopic (exact) mass is 422 g/mol. The molecular weight excluding hydrogens is 380 g/mol. The molecule has 0 amide bonds. The van der Waals surface area contributed by atoms with E-state index in [0.29, 0.717) is 11.3 Å². The van der Waals surface area contributed by atoms with Crippen LogP contribution in [0.25, 0.3) is 0 Å². The standard InChI is InChI=1S/C29H42O2/c1-19-9-7-13-25(2)17-18-28(5)20(23(19)25)10-11-22-26(3)14-8-15-27(4,24(30)31)21(26)12-16-29(22,28)6/h8,10-11,15,19,21,23H,7,9,12-14,16-18H2,1-6H3,(H,30,31)/t19-,21+,23-,25?,26?,27-,28+,29+/m0/s1. The number of hydrogen-bond acceptors (Lipinski definition) is 1. The molecule has 2 heteroatoms. The topological polar surface area (TPSA) is 37.3 Å².